The van der Waals surface area contributed by atoms with Crippen molar-refractivity contribution in [2.75, 3.05) is 11.9 Å². The largest absolute Gasteiger partial charge is 0.391 e. The van der Waals surface area contributed by atoms with E-state index in [-0.39, 0.29) is 17.6 Å². The molecule has 2 unspecified atom stereocenters. The van der Waals surface area contributed by atoms with E-state index < -0.39 is 6.10 Å². The summed E-state index contributed by atoms with van der Waals surface area (Å²) in [5.74, 6) is 0.373. The van der Waals surface area contributed by atoms with Gasteiger partial charge in [-0.25, -0.2) is 9.97 Å². The maximum atomic E-state index is 12.0. The van der Waals surface area contributed by atoms with Crippen LogP contribution in [0.5, 0.6) is 0 Å². The first-order chi connectivity index (χ1) is 9.20. The molecule has 0 bridgehead atoms. The number of aliphatic hydroxyl groups is 1. The molecule has 104 valence electrons. The van der Waals surface area contributed by atoms with Gasteiger partial charge >= 0.3 is 0 Å². The van der Waals surface area contributed by atoms with Gasteiger partial charge in [-0.15, -0.1) is 0 Å². The van der Waals surface area contributed by atoms with E-state index >= 15 is 0 Å². The third-order valence-electron chi connectivity index (χ3n) is 3.29. The van der Waals surface area contributed by atoms with Crippen molar-refractivity contribution in [1.29, 1.82) is 0 Å². The molecule has 1 heterocycles. The monoisotopic (exact) mass is 264 g/mol. The summed E-state index contributed by atoms with van der Waals surface area (Å²) in [5.41, 5.74) is 0.277. The molecule has 0 spiro atoms. The van der Waals surface area contributed by atoms with Crippen LogP contribution in [0.4, 0.5) is 5.82 Å². The molecule has 6 heteroatoms. The molecule has 0 aliphatic heterocycles. The van der Waals surface area contributed by atoms with Gasteiger partial charge in [-0.05, 0) is 19.8 Å². The zero-order valence-electron chi connectivity index (χ0n) is 11.1. The summed E-state index contributed by atoms with van der Waals surface area (Å²) < 4.78 is 0. The minimum Gasteiger partial charge on any atom is -0.391 e. The van der Waals surface area contributed by atoms with Gasteiger partial charge in [0.25, 0.3) is 5.91 Å². The molecule has 1 fully saturated rings. The normalized spacial score (nSPS) is 22.8. The van der Waals surface area contributed by atoms with Gasteiger partial charge < -0.3 is 15.7 Å². The number of hydrogen-bond donors (Lipinski definition) is 3. The van der Waals surface area contributed by atoms with Crippen LogP contribution in [0.1, 0.15) is 43.1 Å². The maximum Gasteiger partial charge on any atom is 0.271 e. The van der Waals surface area contributed by atoms with E-state index in [1.807, 2.05) is 6.92 Å². The smallest absolute Gasteiger partial charge is 0.271 e. The maximum absolute atomic E-state index is 12.0. The fraction of sp³-hybridized carbons (Fsp3) is 0.615. The Bertz CT molecular complexity index is 421. The summed E-state index contributed by atoms with van der Waals surface area (Å²) in [6, 6.07) is -0.170. The van der Waals surface area contributed by atoms with Crippen molar-refractivity contribution in [2.45, 2.75) is 44.8 Å². The third-order valence-corrected chi connectivity index (χ3v) is 3.29. The number of rotatable bonds is 4. The Balaban J connectivity index is 1.95. The van der Waals surface area contributed by atoms with E-state index in [1.165, 1.54) is 12.4 Å². The highest BCUT2D eigenvalue weighted by Crippen LogP contribution is 2.18. The lowest BCUT2D eigenvalue weighted by atomic mass is 9.92. The number of carbonyl (C=O) groups excluding carboxylic acids is 1. The lowest BCUT2D eigenvalue weighted by Crippen LogP contribution is -2.45. The van der Waals surface area contributed by atoms with E-state index in [0.29, 0.717) is 5.82 Å². The van der Waals surface area contributed by atoms with Crippen LogP contribution < -0.4 is 10.6 Å². The van der Waals surface area contributed by atoms with E-state index in [9.17, 15) is 9.90 Å². The van der Waals surface area contributed by atoms with Crippen molar-refractivity contribution >= 4 is 11.7 Å². The van der Waals surface area contributed by atoms with Gasteiger partial charge in [0, 0.05) is 6.54 Å². The van der Waals surface area contributed by atoms with E-state index in [1.54, 1.807) is 0 Å². The van der Waals surface area contributed by atoms with Gasteiger partial charge in [0.2, 0.25) is 0 Å². The standard InChI is InChI=1S/C13H20N4O2/c1-2-14-12-8-15-10(7-16-12)13(19)17-9-5-3-4-6-11(9)18/h7-9,11,18H,2-6H2,1H3,(H,14,16)(H,17,19). The number of anilines is 1. The molecular formula is C13H20N4O2. The van der Waals surface area contributed by atoms with Gasteiger partial charge in [-0.2, -0.15) is 0 Å². The molecule has 0 aromatic carbocycles. The Morgan fingerprint density at radius 1 is 1.37 bits per heavy atom. The van der Waals surface area contributed by atoms with Crippen molar-refractivity contribution in [3.05, 3.63) is 18.1 Å². The quantitative estimate of drug-likeness (QED) is 0.753. The summed E-state index contributed by atoms with van der Waals surface area (Å²) >= 11 is 0. The number of carbonyl (C=O) groups is 1. The molecule has 6 nitrogen and oxygen atoms in total. The minimum atomic E-state index is -0.452. The molecule has 1 aromatic rings. The molecule has 3 N–H and O–H groups in total. The molecule has 2 atom stereocenters. The van der Waals surface area contributed by atoms with Gasteiger partial charge in [0.15, 0.2) is 0 Å². The van der Waals surface area contributed by atoms with Crippen molar-refractivity contribution in [3.63, 3.8) is 0 Å². The fourth-order valence-electron chi connectivity index (χ4n) is 2.24. The van der Waals surface area contributed by atoms with Crippen LogP contribution in [0, 0.1) is 0 Å². The lowest BCUT2D eigenvalue weighted by molar-refractivity contribution is 0.0713. The summed E-state index contributed by atoms with van der Waals surface area (Å²) in [6.07, 6.45) is 6.15. The first-order valence-electron chi connectivity index (χ1n) is 6.75. The summed E-state index contributed by atoms with van der Waals surface area (Å²) in [4.78, 5) is 20.2. The van der Waals surface area contributed by atoms with Crippen LogP contribution in [0.3, 0.4) is 0 Å². The molecule has 0 saturated heterocycles. The second-order valence-corrected chi connectivity index (χ2v) is 4.75. The first-order valence-corrected chi connectivity index (χ1v) is 6.75. The Morgan fingerprint density at radius 2 is 2.16 bits per heavy atom. The van der Waals surface area contributed by atoms with Crippen molar-refractivity contribution < 1.29 is 9.90 Å². The Morgan fingerprint density at radius 3 is 2.79 bits per heavy atom. The first kappa shape index (κ1) is 13.7. The zero-order valence-corrected chi connectivity index (χ0v) is 11.1. The van der Waals surface area contributed by atoms with Gasteiger partial charge in [-0.1, -0.05) is 12.8 Å². The highest BCUT2D eigenvalue weighted by molar-refractivity contribution is 5.92. The molecule has 1 aliphatic carbocycles. The lowest BCUT2D eigenvalue weighted by Gasteiger charge is -2.28. The van der Waals surface area contributed by atoms with Crippen molar-refractivity contribution in [3.8, 4) is 0 Å². The highest BCUT2D eigenvalue weighted by atomic mass is 16.3. The number of aromatic nitrogens is 2. The van der Waals surface area contributed by atoms with Crippen LogP contribution in [0.25, 0.3) is 0 Å². The minimum absolute atomic E-state index is 0.170. The molecule has 2 rings (SSSR count). The van der Waals surface area contributed by atoms with Crippen molar-refractivity contribution in [2.24, 2.45) is 0 Å². The Kier molecular flexibility index (Phi) is 4.68. The predicted octanol–water partition coefficient (Wildman–Crippen LogP) is 0.942. The molecular weight excluding hydrogens is 244 g/mol. The number of nitrogens with zero attached hydrogens (tertiary/aromatic N) is 2. The number of amides is 1. The van der Waals surface area contributed by atoms with Gasteiger partial charge in [-0.3, -0.25) is 4.79 Å². The Labute approximate surface area is 112 Å². The molecule has 1 saturated carbocycles. The summed E-state index contributed by atoms with van der Waals surface area (Å²) in [5, 5.41) is 15.7. The second-order valence-electron chi connectivity index (χ2n) is 4.75. The molecule has 19 heavy (non-hydrogen) atoms. The number of hydrogen-bond acceptors (Lipinski definition) is 5. The van der Waals surface area contributed by atoms with Crippen LogP contribution in [0.15, 0.2) is 12.4 Å². The van der Waals surface area contributed by atoms with Crippen LogP contribution in [-0.4, -0.2) is 39.7 Å². The summed E-state index contributed by atoms with van der Waals surface area (Å²) in [7, 11) is 0. The highest BCUT2D eigenvalue weighted by Gasteiger charge is 2.25. The molecule has 1 aliphatic rings. The fourth-order valence-corrected chi connectivity index (χ4v) is 2.24. The van der Waals surface area contributed by atoms with E-state index in [0.717, 1.165) is 32.2 Å². The van der Waals surface area contributed by atoms with E-state index in [4.69, 9.17) is 0 Å². The van der Waals surface area contributed by atoms with Gasteiger partial charge in [0.1, 0.15) is 11.5 Å². The second kappa shape index (κ2) is 6.47. The van der Waals surface area contributed by atoms with Crippen molar-refractivity contribution in [1.82, 2.24) is 15.3 Å². The average Bonchev–Trinajstić information content (AvgIpc) is 2.42. The zero-order chi connectivity index (χ0) is 13.7. The molecule has 0 radical (unpaired) electrons. The van der Waals surface area contributed by atoms with Gasteiger partial charge in [0.05, 0.1) is 24.5 Å². The molecule has 1 aromatic heterocycles. The van der Waals surface area contributed by atoms with Crippen LogP contribution >= 0.6 is 0 Å². The molecule has 1 amide bonds. The predicted molar refractivity (Wildman–Crippen MR) is 71.9 cm³/mol. The van der Waals surface area contributed by atoms with E-state index in [2.05, 4.69) is 20.6 Å². The van der Waals surface area contributed by atoms with Crippen LogP contribution in [-0.2, 0) is 0 Å². The van der Waals surface area contributed by atoms with Crippen LogP contribution in [0.2, 0.25) is 0 Å². The number of nitrogens with one attached hydrogen (secondary N) is 2. The third kappa shape index (κ3) is 3.64. The number of aliphatic hydroxyl groups excluding tert-OH is 1. The summed E-state index contributed by atoms with van der Waals surface area (Å²) in [6.45, 7) is 2.72. The SMILES string of the molecule is CCNc1cnc(C(=O)NC2CCCCC2O)cn1. The topological polar surface area (TPSA) is 87.1 Å². The Hall–Kier alpha value is -1.69. The average molecular weight is 264 g/mol.